The fraction of sp³-hybridized carbons (Fsp3) is 0. The molecule has 5 aromatic rings. The molecule has 0 aliphatic carbocycles. The second-order valence-corrected chi connectivity index (χ2v) is 6.40. The van der Waals surface area contributed by atoms with Crippen molar-refractivity contribution in [2.75, 3.05) is 0 Å². The molecule has 152 valence electrons. The normalized spacial score (nSPS) is 10.2. The monoisotopic (exact) mass is 412 g/mol. The van der Waals surface area contributed by atoms with Gasteiger partial charge in [-0.05, 0) is 54.1 Å². The minimum atomic E-state index is -0.527. The van der Waals surface area contributed by atoms with Gasteiger partial charge in [-0.25, -0.2) is 9.97 Å². The van der Waals surface area contributed by atoms with Gasteiger partial charge < -0.3 is 8.98 Å². The van der Waals surface area contributed by atoms with E-state index in [0.29, 0.717) is 22.5 Å². The first-order chi connectivity index (χ1) is 15.2. The van der Waals surface area contributed by atoms with Crippen molar-refractivity contribution in [3.63, 3.8) is 0 Å². The summed E-state index contributed by atoms with van der Waals surface area (Å²) < 4.78 is 20.2. The molecular weight excluding hydrogens is 395 g/mol. The Kier molecular flexibility index (Phi) is 6.04. The molecule has 1 aromatic carbocycles. The highest BCUT2D eigenvalue weighted by atomic mass is 19.1. The zero-order valence-corrected chi connectivity index (χ0v) is 16.3. The van der Waals surface area contributed by atoms with Crippen LogP contribution in [0.3, 0.4) is 0 Å². The Labute approximate surface area is 177 Å². The van der Waals surface area contributed by atoms with Gasteiger partial charge in [0.1, 0.15) is 17.7 Å². The van der Waals surface area contributed by atoms with Gasteiger partial charge in [-0.1, -0.05) is 18.2 Å². The fourth-order valence-electron chi connectivity index (χ4n) is 2.87. The minimum Gasteiger partial charge on any atom is -0.473 e. The van der Waals surface area contributed by atoms with Crippen molar-refractivity contribution in [3.05, 3.63) is 122 Å². The quantitative estimate of drug-likeness (QED) is 0.307. The Hall–Kier alpha value is -4.39. The van der Waals surface area contributed by atoms with Crippen LogP contribution in [0.4, 0.5) is 4.39 Å². The average Bonchev–Trinajstić information content (AvgIpc) is 3.55. The van der Waals surface area contributed by atoms with E-state index in [0.717, 1.165) is 5.69 Å². The van der Waals surface area contributed by atoms with E-state index >= 15 is 0 Å². The van der Waals surface area contributed by atoms with Crippen LogP contribution in [0.15, 0.2) is 109 Å². The topological polar surface area (TPSA) is 73.8 Å². The van der Waals surface area contributed by atoms with Gasteiger partial charge >= 0.3 is 0 Å². The molecule has 0 fully saturated rings. The van der Waals surface area contributed by atoms with Crippen LogP contribution in [0.25, 0.3) is 16.8 Å². The predicted octanol–water partition coefficient (Wildman–Crippen LogP) is 4.98. The molecule has 0 aliphatic heterocycles. The van der Waals surface area contributed by atoms with Crippen LogP contribution in [0.1, 0.15) is 16.2 Å². The number of rotatable bonds is 4. The summed E-state index contributed by atoms with van der Waals surface area (Å²) in [6.07, 6.45) is 9.41. The summed E-state index contributed by atoms with van der Waals surface area (Å²) in [5.41, 5.74) is 2.50. The van der Waals surface area contributed by atoms with Gasteiger partial charge in [0.05, 0.1) is 12.5 Å². The van der Waals surface area contributed by atoms with Crippen molar-refractivity contribution in [3.8, 4) is 16.8 Å². The van der Waals surface area contributed by atoms with Crippen LogP contribution < -0.4 is 0 Å². The number of hydrogen-bond acceptors (Lipinski definition) is 5. The molecule has 0 bridgehead atoms. The second kappa shape index (κ2) is 9.41. The van der Waals surface area contributed by atoms with Crippen LogP contribution in [-0.2, 0) is 0 Å². The van der Waals surface area contributed by atoms with Crippen molar-refractivity contribution in [1.29, 1.82) is 0 Å². The van der Waals surface area contributed by atoms with Gasteiger partial charge in [-0.15, -0.1) is 0 Å². The second-order valence-electron chi connectivity index (χ2n) is 6.40. The van der Waals surface area contributed by atoms with Crippen molar-refractivity contribution < 1.29 is 13.6 Å². The number of halogens is 1. The summed E-state index contributed by atoms with van der Waals surface area (Å²) in [5, 5.41) is 0. The van der Waals surface area contributed by atoms with E-state index in [2.05, 4.69) is 19.4 Å². The zero-order chi connectivity index (χ0) is 21.5. The van der Waals surface area contributed by atoms with Crippen molar-refractivity contribution in [2.24, 2.45) is 0 Å². The summed E-state index contributed by atoms with van der Waals surface area (Å²) in [6, 6.07) is 19.5. The number of pyridine rings is 2. The number of aromatic nitrogens is 4. The van der Waals surface area contributed by atoms with Gasteiger partial charge in [-0.3, -0.25) is 9.78 Å². The molecule has 0 spiro atoms. The molecule has 0 radical (unpaired) electrons. The Balaban J connectivity index is 0.000000407. The molecule has 6 nitrogen and oxygen atoms in total. The lowest BCUT2D eigenvalue weighted by Gasteiger charge is -2.06. The number of benzene rings is 1. The third-order valence-corrected chi connectivity index (χ3v) is 4.35. The first-order valence-corrected chi connectivity index (χ1v) is 9.40. The fourth-order valence-corrected chi connectivity index (χ4v) is 2.87. The third-order valence-electron chi connectivity index (χ3n) is 4.35. The summed E-state index contributed by atoms with van der Waals surface area (Å²) in [6.45, 7) is 0. The van der Waals surface area contributed by atoms with E-state index in [1.54, 1.807) is 72.2 Å². The highest BCUT2D eigenvalue weighted by molar-refractivity contribution is 6.06. The molecule has 4 heterocycles. The number of nitrogens with zero attached hydrogens (tertiary/aromatic N) is 4. The zero-order valence-electron chi connectivity index (χ0n) is 16.3. The molecule has 4 aromatic heterocycles. The number of hydrogen-bond donors (Lipinski definition) is 0. The molecule has 0 atom stereocenters. The van der Waals surface area contributed by atoms with Crippen LogP contribution in [0.5, 0.6) is 0 Å². The highest BCUT2D eigenvalue weighted by Crippen LogP contribution is 2.24. The SMILES string of the molecule is O=C(c1ccccn1)c1cn(-c2cccc(-c3cccnc3F)c2)cn1.c1ccoc1. The first-order valence-electron chi connectivity index (χ1n) is 9.40. The molecule has 0 unspecified atom stereocenters. The Morgan fingerprint density at radius 3 is 2.39 bits per heavy atom. The smallest absolute Gasteiger partial charge is 0.231 e. The molecule has 0 N–H and O–H groups in total. The maximum Gasteiger partial charge on any atom is 0.231 e. The van der Waals surface area contributed by atoms with Crippen LogP contribution in [-0.4, -0.2) is 25.3 Å². The lowest BCUT2D eigenvalue weighted by atomic mass is 10.1. The summed E-state index contributed by atoms with van der Waals surface area (Å²) in [7, 11) is 0. The standard InChI is InChI=1S/C20H13FN4O.C4H4O/c21-20-16(7-4-10-23-20)14-5-3-6-15(11-14)25-12-18(24-13-25)19(26)17-8-1-2-9-22-17;1-2-4-5-3-1/h1-13H;1-4H. The Bertz CT molecular complexity index is 1250. The van der Waals surface area contributed by atoms with E-state index in [4.69, 9.17) is 0 Å². The van der Waals surface area contributed by atoms with Gasteiger partial charge in [-0.2, -0.15) is 4.39 Å². The molecule has 0 saturated carbocycles. The molecule has 31 heavy (non-hydrogen) atoms. The predicted molar refractivity (Wildman–Crippen MR) is 113 cm³/mol. The molecular formula is C24H17FN4O2. The van der Waals surface area contributed by atoms with Gasteiger partial charge in [0, 0.05) is 29.8 Å². The lowest BCUT2D eigenvalue weighted by molar-refractivity contribution is 0.103. The number of imidazole rings is 1. The van der Waals surface area contributed by atoms with E-state index in [1.807, 2.05) is 30.3 Å². The summed E-state index contributed by atoms with van der Waals surface area (Å²) >= 11 is 0. The minimum absolute atomic E-state index is 0.251. The van der Waals surface area contributed by atoms with E-state index in [1.165, 1.54) is 6.20 Å². The average molecular weight is 412 g/mol. The maximum absolute atomic E-state index is 13.9. The van der Waals surface area contributed by atoms with Crippen molar-refractivity contribution in [2.45, 2.75) is 0 Å². The van der Waals surface area contributed by atoms with Gasteiger partial charge in [0.2, 0.25) is 11.7 Å². The Morgan fingerprint density at radius 2 is 1.68 bits per heavy atom. The lowest BCUT2D eigenvalue weighted by Crippen LogP contribution is -2.03. The van der Waals surface area contributed by atoms with E-state index in [-0.39, 0.29) is 5.78 Å². The maximum atomic E-state index is 13.9. The van der Waals surface area contributed by atoms with E-state index < -0.39 is 5.95 Å². The van der Waals surface area contributed by atoms with Crippen LogP contribution in [0, 0.1) is 5.95 Å². The van der Waals surface area contributed by atoms with Crippen LogP contribution in [0.2, 0.25) is 0 Å². The number of ketones is 1. The van der Waals surface area contributed by atoms with Crippen molar-refractivity contribution in [1.82, 2.24) is 19.5 Å². The van der Waals surface area contributed by atoms with Crippen LogP contribution >= 0.6 is 0 Å². The molecule has 0 saturated heterocycles. The van der Waals surface area contributed by atoms with Crippen molar-refractivity contribution >= 4 is 5.78 Å². The number of carbonyl (C=O) groups excluding carboxylic acids is 1. The molecule has 0 aliphatic rings. The van der Waals surface area contributed by atoms with Gasteiger partial charge in [0.15, 0.2) is 0 Å². The number of furan rings is 1. The van der Waals surface area contributed by atoms with E-state index in [9.17, 15) is 9.18 Å². The van der Waals surface area contributed by atoms with Gasteiger partial charge in [0.25, 0.3) is 0 Å². The molecule has 0 amide bonds. The summed E-state index contributed by atoms with van der Waals surface area (Å²) in [4.78, 5) is 24.3. The Morgan fingerprint density at radius 1 is 0.839 bits per heavy atom. The number of carbonyl (C=O) groups is 1. The largest absolute Gasteiger partial charge is 0.473 e. The highest BCUT2D eigenvalue weighted by Gasteiger charge is 2.14. The molecule has 5 rings (SSSR count). The summed E-state index contributed by atoms with van der Waals surface area (Å²) in [5.74, 6) is -0.778. The first kappa shape index (κ1) is 19.9. The third kappa shape index (κ3) is 4.79. The molecule has 7 heteroatoms.